The van der Waals surface area contributed by atoms with Gasteiger partial charge in [0.05, 0.1) is 32.7 Å². The van der Waals surface area contributed by atoms with Crippen LogP contribution < -0.4 is 0 Å². The molecule has 5 heteroatoms. The number of hydrogen-bond donors (Lipinski definition) is 0. The molecule has 1 aromatic heterocycles. The van der Waals surface area contributed by atoms with E-state index in [4.69, 9.17) is 23.4 Å². The van der Waals surface area contributed by atoms with Crippen molar-refractivity contribution in [3.63, 3.8) is 0 Å². The van der Waals surface area contributed by atoms with E-state index in [1.807, 2.05) is 97.1 Å². The maximum Gasteiger partial charge on any atom is 0.151 e. The van der Waals surface area contributed by atoms with E-state index in [2.05, 4.69) is 24.3 Å². The van der Waals surface area contributed by atoms with Crippen LogP contribution in [0.4, 0.5) is 0 Å². The van der Waals surface area contributed by atoms with Gasteiger partial charge < -0.3 is 23.4 Å². The lowest BCUT2D eigenvalue weighted by molar-refractivity contribution is -0.151. The van der Waals surface area contributed by atoms with Crippen molar-refractivity contribution in [1.29, 1.82) is 0 Å². The lowest BCUT2D eigenvalue weighted by Crippen LogP contribution is -2.47. The third-order valence-corrected chi connectivity index (χ3v) is 6.23. The van der Waals surface area contributed by atoms with Gasteiger partial charge in [-0.1, -0.05) is 91.0 Å². The van der Waals surface area contributed by atoms with E-state index < -0.39 is 0 Å². The van der Waals surface area contributed by atoms with Crippen molar-refractivity contribution in [3.8, 4) is 0 Å². The van der Waals surface area contributed by atoms with Gasteiger partial charge in [0.2, 0.25) is 0 Å². The third kappa shape index (κ3) is 7.56. The van der Waals surface area contributed by atoms with E-state index in [0.717, 1.165) is 22.5 Å². The van der Waals surface area contributed by atoms with Gasteiger partial charge in [-0.05, 0) is 47.1 Å². The van der Waals surface area contributed by atoms with E-state index in [1.165, 1.54) is 0 Å². The van der Waals surface area contributed by atoms with Gasteiger partial charge in [0, 0.05) is 0 Å². The van der Waals surface area contributed by atoms with Crippen molar-refractivity contribution in [2.45, 2.75) is 38.1 Å². The highest BCUT2D eigenvalue weighted by Gasteiger charge is 2.36. The van der Waals surface area contributed by atoms with Crippen molar-refractivity contribution in [3.05, 3.63) is 150 Å². The standard InChI is InChI=1S/C33H32O5/c1-4-11-26(12-5-1)22-34-25-32-33(37-24-28-15-8-3-9-16-28)31(36-23-27-13-6-2-7-14-27)21-30(38-32)19-18-29-17-10-20-35-29/h1-21,31-33H,22-25H2/b19-18+/t31-,32-,33+/m1/s1. The highest BCUT2D eigenvalue weighted by molar-refractivity contribution is 5.46. The summed E-state index contributed by atoms with van der Waals surface area (Å²) in [7, 11) is 0. The molecule has 0 unspecified atom stereocenters. The summed E-state index contributed by atoms with van der Waals surface area (Å²) in [5, 5.41) is 0. The van der Waals surface area contributed by atoms with E-state index in [0.29, 0.717) is 32.2 Å². The number of furan rings is 1. The zero-order valence-electron chi connectivity index (χ0n) is 21.2. The molecule has 0 saturated carbocycles. The molecule has 1 aliphatic heterocycles. The molecule has 5 rings (SSSR count). The van der Waals surface area contributed by atoms with Crippen molar-refractivity contribution in [1.82, 2.24) is 0 Å². The monoisotopic (exact) mass is 508 g/mol. The first-order valence-corrected chi connectivity index (χ1v) is 12.9. The second kappa shape index (κ2) is 13.6. The topological polar surface area (TPSA) is 50.1 Å². The summed E-state index contributed by atoms with van der Waals surface area (Å²) in [6, 6.07) is 34.1. The maximum atomic E-state index is 6.47. The zero-order valence-corrected chi connectivity index (χ0v) is 21.2. The van der Waals surface area contributed by atoms with Crippen LogP contribution in [-0.4, -0.2) is 24.9 Å². The number of ether oxygens (including phenoxy) is 4. The van der Waals surface area contributed by atoms with Crippen LogP contribution in [0.15, 0.2) is 132 Å². The van der Waals surface area contributed by atoms with Gasteiger partial charge in [0.1, 0.15) is 23.7 Å². The first kappa shape index (κ1) is 25.7. The Labute approximate surface area is 223 Å². The van der Waals surface area contributed by atoms with E-state index >= 15 is 0 Å². The molecule has 5 nitrogen and oxygen atoms in total. The summed E-state index contributed by atoms with van der Waals surface area (Å²) in [6.45, 7) is 1.75. The molecular formula is C33H32O5. The van der Waals surface area contributed by atoms with Crippen LogP contribution in [-0.2, 0) is 38.8 Å². The lowest BCUT2D eigenvalue weighted by Gasteiger charge is -2.36. The molecule has 0 N–H and O–H groups in total. The summed E-state index contributed by atoms with van der Waals surface area (Å²) in [5.74, 6) is 1.43. The van der Waals surface area contributed by atoms with Crippen LogP contribution in [0, 0.1) is 0 Å². The molecule has 0 fully saturated rings. The lowest BCUT2D eigenvalue weighted by atomic mass is 10.0. The molecule has 2 heterocycles. The molecule has 3 atom stereocenters. The molecule has 0 saturated heterocycles. The van der Waals surface area contributed by atoms with E-state index in [9.17, 15) is 0 Å². The molecule has 38 heavy (non-hydrogen) atoms. The highest BCUT2D eigenvalue weighted by Crippen LogP contribution is 2.27. The van der Waals surface area contributed by atoms with Crippen LogP contribution in [0.5, 0.6) is 0 Å². The summed E-state index contributed by atoms with van der Waals surface area (Å²) in [6.07, 6.45) is 6.33. The molecule has 0 amide bonds. The number of rotatable bonds is 12. The minimum atomic E-state index is -0.371. The van der Waals surface area contributed by atoms with Crippen LogP contribution in [0.3, 0.4) is 0 Å². The van der Waals surface area contributed by atoms with Gasteiger partial charge >= 0.3 is 0 Å². The fourth-order valence-electron chi connectivity index (χ4n) is 4.27. The minimum Gasteiger partial charge on any atom is -0.485 e. The fourth-order valence-corrected chi connectivity index (χ4v) is 4.27. The molecule has 3 aromatic carbocycles. The van der Waals surface area contributed by atoms with Gasteiger partial charge in [-0.2, -0.15) is 0 Å². The third-order valence-electron chi connectivity index (χ3n) is 6.23. The molecule has 0 aliphatic carbocycles. The van der Waals surface area contributed by atoms with Gasteiger partial charge in [0.15, 0.2) is 6.10 Å². The minimum absolute atomic E-state index is 0.339. The van der Waals surface area contributed by atoms with Crippen molar-refractivity contribution in [2.24, 2.45) is 0 Å². The first-order chi connectivity index (χ1) is 18.8. The van der Waals surface area contributed by atoms with Gasteiger partial charge in [0.25, 0.3) is 0 Å². The van der Waals surface area contributed by atoms with Crippen LogP contribution in [0.2, 0.25) is 0 Å². The Kier molecular flexibility index (Phi) is 9.20. The summed E-state index contributed by atoms with van der Waals surface area (Å²) in [5.41, 5.74) is 3.29. The number of allylic oxidation sites excluding steroid dienone is 1. The Morgan fingerprint density at radius 2 is 1.24 bits per heavy atom. The number of benzene rings is 3. The molecule has 0 radical (unpaired) electrons. The fraction of sp³-hybridized carbons (Fsp3) is 0.212. The predicted molar refractivity (Wildman–Crippen MR) is 147 cm³/mol. The normalized spacial score (nSPS) is 19.3. The van der Waals surface area contributed by atoms with Gasteiger partial charge in [-0.3, -0.25) is 0 Å². The molecule has 1 aliphatic rings. The quantitative estimate of drug-likeness (QED) is 0.207. The van der Waals surface area contributed by atoms with Crippen LogP contribution in [0.1, 0.15) is 22.5 Å². The Balaban J connectivity index is 1.36. The maximum absolute atomic E-state index is 6.47. The summed E-state index contributed by atoms with van der Waals surface area (Å²) >= 11 is 0. The average molecular weight is 509 g/mol. The Morgan fingerprint density at radius 1 is 0.632 bits per heavy atom. The first-order valence-electron chi connectivity index (χ1n) is 12.9. The van der Waals surface area contributed by atoms with Crippen LogP contribution in [0.25, 0.3) is 6.08 Å². The molecule has 0 bridgehead atoms. The summed E-state index contributed by atoms with van der Waals surface area (Å²) in [4.78, 5) is 0. The van der Waals surface area contributed by atoms with E-state index in [1.54, 1.807) is 6.26 Å². The van der Waals surface area contributed by atoms with E-state index in [-0.39, 0.29) is 18.3 Å². The molecule has 0 spiro atoms. The second-order valence-corrected chi connectivity index (χ2v) is 9.10. The van der Waals surface area contributed by atoms with Crippen LogP contribution >= 0.6 is 0 Å². The molecule has 4 aromatic rings. The molecular weight excluding hydrogens is 476 g/mol. The molecule has 194 valence electrons. The van der Waals surface area contributed by atoms with Crippen molar-refractivity contribution >= 4 is 6.08 Å². The van der Waals surface area contributed by atoms with Gasteiger partial charge in [-0.25, -0.2) is 0 Å². The second-order valence-electron chi connectivity index (χ2n) is 9.10. The van der Waals surface area contributed by atoms with Gasteiger partial charge in [-0.15, -0.1) is 0 Å². The Morgan fingerprint density at radius 3 is 1.84 bits per heavy atom. The summed E-state index contributed by atoms with van der Waals surface area (Å²) < 4.78 is 30.9. The van der Waals surface area contributed by atoms with Crippen molar-refractivity contribution in [2.75, 3.05) is 6.61 Å². The zero-order chi connectivity index (χ0) is 25.8. The smallest absolute Gasteiger partial charge is 0.151 e. The largest absolute Gasteiger partial charge is 0.485 e. The predicted octanol–water partition coefficient (Wildman–Crippen LogP) is 6.96. The SMILES string of the molecule is C1=C(/C=C/c2ccco2)O[C@H](COCc2ccccc2)[C@@H](OCc2ccccc2)[C@@H]1OCc1ccccc1. The average Bonchev–Trinajstić information content (AvgIpc) is 3.50. The highest BCUT2D eigenvalue weighted by atomic mass is 16.6. The number of hydrogen-bond acceptors (Lipinski definition) is 5. The Bertz CT molecular complexity index is 1270. The Hall–Kier alpha value is -3.90. The van der Waals surface area contributed by atoms with Crippen molar-refractivity contribution < 1.29 is 23.4 Å².